The topological polar surface area (TPSA) is 85.7 Å². The van der Waals surface area contributed by atoms with E-state index in [1.807, 2.05) is 6.07 Å². The Hall–Kier alpha value is -2.09. The minimum atomic E-state index is -1.13. The van der Waals surface area contributed by atoms with E-state index in [0.717, 1.165) is 55.0 Å². The second kappa shape index (κ2) is 9.91. The number of aryl methyl sites for hydroxylation is 1. The van der Waals surface area contributed by atoms with Crippen LogP contribution in [0, 0.1) is 0 Å². The summed E-state index contributed by atoms with van der Waals surface area (Å²) < 4.78 is 11.5. The zero-order chi connectivity index (χ0) is 19.9. The van der Waals surface area contributed by atoms with Gasteiger partial charge in [-0.2, -0.15) is 0 Å². The quantitative estimate of drug-likeness (QED) is 0.491. The zero-order valence-corrected chi connectivity index (χ0v) is 16.8. The molecule has 0 saturated carbocycles. The SMILES string of the molecule is CCCc1sc(-c2cccc(C(=O)CC(=O)O)c2)nc1COC1CCCCO1. The summed E-state index contributed by atoms with van der Waals surface area (Å²) in [7, 11) is 0. The summed E-state index contributed by atoms with van der Waals surface area (Å²) in [5.41, 5.74) is 2.12. The molecule has 0 radical (unpaired) electrons. The fourth-order valence-corrected chi connectivity index (χ4v) is 4.28. The third kappa shape index (κ3) is 5.47. The second-order valence-corrected chi connectivity index (χ2v) is 7.90. The maximum atomic E-state index is 12.1. The van der Waals surface area contributed by atoms with Gasteiger partial charge in [0.1, 0.15) is 11.4 Å². The van der Waals surface area contributed by atoms with Crippen molar-refractivity contribution in [3.63, 3.8) is 0 Å². The molecule has 3 rings (SSSR count). The summed E-state index contributed by atoms with van der Waals surface area (Å²) in [6, 6.07) is 7.01. The van der Waals surface area contributed by atoms with Gasteiger partial charge in [-0.15, -0.1) is 11.3 Å². The molecule has 1 aromatic heterocycles. The molecular formula is C21H25NO5S. The molecule has 1 unspecified atom stereocenters. The summed E-state index contributed by atoms with van der Waals surface area (Å²) >= 11 is 1.60. The number of carboxylic acid groups (broad SMARTS) is 1. The molecule has 150 valence electrons. The van der Waals surface area contributed by atoms with Gasteiger partial charge in [-0.3, -0.25) is 9.59 Å². The molecule has 6 nitrogen and oxygen atoms in total. The maximum Gasteiger partial charge on any atom is 0.311 e. The molecule has 0 spiro atoms. The number of benzene rings is 1. The summed E-state index contributed by atoms with van der Waals surface area (Å²) in [4.78, 5) is 28.8. The van der Waals surface area contributed by atoms with Crippen LogP contribution in [-0.4, -0.2) is 34.7 Å². The monoisotopic (exact) mass is 403 g/mol. The average Bonchev–Trinajstić information content (AvgIpc) is 3.10. The van der Waals surface area contributed by atoms with E-state index < -0.39 is 18.2 Å². The number of carbonyl (C=O) groups is 2. The van der Waals surface area contributed by atoms with Crippen LogP contribution < -0.4 is 0 Å². The number of carboxylic acids is 1. The second-order valence-electron chi connectivity index (χ2n) is 6.82. The molecule has 1 aromatic carbocycles. The van der Waals surface area contributed by atoms with Crippen molar-refractivity contribution in [2.45, 2.75) is 58.3 Å². The molecule has 0 bridgehead atoms. The minimum Gasteiger partial charge on any atom is -0.481 e. The molecule has 1 N–H and O–H groups in total. The number of Topliss-reactive ketones (excluding diaryl/α,β-unsaturated/α-hetero) is 1. The van der Waals surface area contributed by atoms with Crippen molar-refractivity contribution in [3.8, 4) is 10.6 Å². The molecule has 2 heterocycles. The summed E-state index contributed by atoms with van der Waals surface area (Å²) in [6.45, 7) is 3.28. The fourth-order valence-electron chi connectivity index (χ4n) is 3.12. The Labute approximate surface area is 168 Å². The number of nitrogens with zero attached hydrogens (tertiary/aromatic N) is 1. The molecule has 0 aliphatic carbocycles. The van der Waals surface area contributed by atoms with Crippen molar-refractivity contribution < 1.29 is 24.2 Å². The maximum absolute atomic E-state index is 12.1. The number of ketones is 1. The molecule has 1 atom stereocenters. The highest BCUT2D eigenvalue weighted by Crippen LogP contribution is 2.31. The van der Waals surface area contributed by atoms with Crippen molar-refractivity contribution in [2.75, 3.05) is 6.61 Å². The largest absolute Gasteiger partial charge is 0.481 e. The molecule has 1 aliphatic rings. The predicted molar refractivity (Wildman–Crippen MR) is 107 cm³/mol. The third-order valence-electron chi connectivity index (χ3n) is 4.54. The number of carbonyl (C=O) groups excluding carboxylic acids is 1. The van der Waals surface area contributed by atoms with Gasteiger partial charge in [0.2, 0.25) is 0 Å². The van der Waals surface area contributed by atoms with Gasteiger partial charge in [-0.05, 0) is 31.7 Å². The van der Waals surface area contributed by atoms with Gasteiger partial charge < -0.3 is 14.6 Å². The molecule has 1 fully saturated rings. The van der Waals surface area contributed by atoms with Crippen molar-refractivity contribution in [1.29, 1.82) is 0 Å². The summed E-state index contributed by atoms with van der Waals surface area (Å²) in [6.07, 6.45) is 4.36. The lowest BCUT2D eigenvalue weighted by Crippen LogP contribution is -2.22. The van der Waals surface area contributed by atoms with E-state index in [-0.39, 0.29) is 6.29 Å². The van der Waals surface area contributed by atoms with Crippen LogP contribution in [0.25, 0.3) is 10.6 Å². The Bertz CT molecular complexity index is 826. The standard InChI is InChI=1S/C21H25NO5S/c1-2-6-18-16(13-27-20-9-3-4-10-26-20)22-21(28-18)15-8-5-7-14(11-15)17(23)12-19(24)25/h5,7-8,11,20H,2-4,6,9-10,12-13H2,1H3,(H,24,25). The fraction of sp³-hybridized carbons (Fsp3) is 0.476. The van der Waals surface area contributed by atoms with E-state index in [2.05, 4.69) is 6.92 Å². The van der Waals surface area contributed by atoms with Crippen molar-refractivity contribution in [2.24, 2.45) is 0 Å². The van der Waals surface area contributed by atoms with Crippen LogP contribution in [0.1, 0.15) is 60.0 Å². The van der Waals surface area contributed by atoms with Crippen molar-refractivity contribution >= 4 is 23.1 Å². The molecular weight excluding hydrogens is 378 g/mol. The molecule has 1 aliphatic heterocycles. The van der Waals surface area contributed by atoms with E-state index in [9.17, 15) is 9.59 Å². The average molecular weight is 404 g/mol. The Balaban J connectivity index is 1.78. The van der Waals surface area contributed by atoms with Crippen LogP contribution in [0.15, 0.2) is 24.3 Å². The van der Waals surface area contributed by atoms with Gasteiger partial charge in [0.15, 0.2) is 12.1 Å². The van der Waals surface area contributed by atoms with Crippen molar-refractivity contribution in [3.05, 3.63) is 40.4 Å². The van der Waals surface area contributed by atoms with Crippen LogP contribution in [0.2, 0.25) is 0 Å². The Morgan fingerprint density at radius 1 is 1.36 bits per heavy atom. The van der Waals surface area contributed by atoms with Gasteiger partial charge in [-0.1, -0.05) is 31.5 Å². The highest BCUT2D eigenvalue weighted by Gasteiger charge is 2.18. The van der Waals surface area contributed by atoms with Crippen LogP contribution in [0.3, 0.4) is 0 Å². The molecule has 7 heteroatoms. The summed E-state index contributed by atoms with van der Waals surface area (Å²) in [5.74, 6) is -1.53. The number of rotatable bonds is 9. The van der Waals surface area contributed by atoms with Crippen LogP contribution in [0.5, 0.6) is 0 Å². The number of aromatic nitrogens is 1. The number of hydrogen-bond acceptors (Lipinski definition) is 6. The lowest BCUT2D eigenvalue weighted by Gasteiger charge is -2.22. The number of aliphatic carboxylic acids is 1. The van der Waals surface area contributed by atoms with E-state index >= 15 is 0 Å². The lowest BCUT2D eigenvalue weighted by atomic mass is 10.1. The summed E-state index contributed by atoms with van der Waals surface area (Å²) in [5, 5.41) is 9.66. The molecule has 2 aromatic rings. The smallest absolute Gasteiger partial charge is 0.311 e. The van der Waals surface area contributed by atoms with Crippen LogP contribution >= 0.6 is 11.3 Å². The predicted octanol–water partition coefficient (Wildman–Crippen LogP) is 4.46. The Morgan fingerprint density at radius 2 is 2.21 bits per heavy atom. The first-order chi connectivity index (χ1) is 13.6. The van der Waals surface area contributed by atoms with Gasteiger partial charge in [-0.25, -0.2) is 4.98 Å². The Morgan fingerprint density at radius 3 is 2.93 bits per heavy atom. The molecule has 1 saturated heterocycles. The van der Waals surface area contributed by atoms with E-state index in [0.29, 0.717) is 12.2 Å². The van der Waals surface area contributed by atoms with Gasteiger partial charge in [0.25, 0.3) is 0 Å². The lowest BCUT2D eigenvalue weighted by molar-refractivity contribution is -0.169. The first-order valence-corrected chi connectivity index (χ1v) is 10.5. The highest BCUT2D eigenvalue weighted by atomic mass is 32.1. The van der Waals surface area contributed by atoms with Crippen molar-refractivity contribution in [1.82, 2.24) is 4.98 Å². The molecule has 0 amide bonds. The van der Waals surface area contributed by atoms with Gasteiger partial charge in [0, 0.05) is 22.6 Å². The van der Waals surface area contributed by atoms with Crippen LogP contribution in [-0.2, 0) is 27.3 Å². The van der Waals surface area contributed by atoms with Gasteiger partial charge >= 0.3 is 5.97 Å². The van der Waals surface area contributed by atoms with E-state index in [4.69, 9.17) is 19.6 Å². The normalized spacial score (nSPS) is 16.8. The van der Waals surface area contributed by atoms with E-state index in [1.54, 1.807) is 29.5 Å². The zero-order valence-electron chi connectivity index (χ0n) is 16.0. The number of hydrogen-bond donors (Lipinski definition) is 1. The minimum absolute atomic E-state index is 0.162. The molecule has 28 heavy (non-hydrogen) atoms. The first-order valence-electron chi connectivity index (χ1n) is 9.64. The first kappa shape index (κ1) is 20.6. The van der Waals surface area contributed by atoms with E-state index in [1.165, 1.54) is 4.88 Å². The number of thiazole rings is 1. The van der Waals surface area contributed by atoms with Crippen LogP contribution in [0.4, 0.5) is 0 Å². The Kier molecular flexibility index (Phi) is 7.30. The number of ether oxygens (including phenoxy) is 2. The van der Waals surface area contributed by atoms with Gasteiger partial charge in [0.05, 0.1) is 12.3 Å². The highest BCUT2D eigenvalue weighted by molar-refractivity contribution is 7.15. The third-order valence-corrected chi connectivity index (χ3v) is 5.75.